The van der Waals surface area contributed by atoms with E-state index in [9.17, 15) is 19.8 Å². The average Bonchev–Trinajstić information content (AvgIpc) is 3.02. The second kappa shape index (κ2) is 8.86. The predicted octanol–water partition coefficient (Wildman–Crippen LogP) is 1.44. The zero-order valence-corrected chi connectivity index (χ0v) is 16.3. The molecule has 4 atom stereocenters. The lowest BCUT2D eigenvalue weighted by Crippen LogP contribution is -2.34. The van der Waals surface area contributed by atoms with E-state index in [4.69, 9.17) is 4.74 Å². The topological polar surface area (TPSA) is 105 Å². The van der Waals surface area contributed by atoms with Gasteiger partial charge in [-0.2, -0.15) is 0 Å². The lowest BCUT2D eigenvalue weighted by Gasteiger charge is -2.18. The molecule has 1 fully saturated rings. The van der Waals surface area contributed by atoms with E-state index in [0.717, 1.165) is 11.1 Å². The molecule has 0 spiro atoms. The zero-order chi connectivity index (χ0) is 20.3. The van der Waals surface area contributed by atoms with Crippen molar-refractivity contribution in [2.24, 2.45) is 0 Å². The number of aromatic amines is 1. The Balaban J connectivity index is 1.61. The van der Waals surface area contributed by atoms with Gasteiger partial charge in [-0.1, -0.05) is 31.2 Å². The van der Waals surface area contributed by atoms with Crippen LogP contribution in [0.4, 0.5) is 0 Å². The van der Waals surface area contributed by atoms with Gasteiger partial charge < -0.3 is 14.9 Å². The van der Waals surface area contributed by atoms with Gasteiger partial charge in [0.2, 0.25) is 0 Å². The first kappa shape index (κ1) is 20.5. The first-order valence-corrected chi connectivity index (χ1v) is 9.79. The predicted molar refractivity (Wildman–Crippen MR) is 105 cm³/mol. The number of benzene rings is 1. The van der Waals surface area contributed by atoms with Gasteiger partial charge in [-0.3, -0.25) is 14.3 Å². The van der Waals surface area contributed by atoms with Gasteiger partial charge in [0.05, 0.1) is 18.3 Å². The second-order valence-corrected chi connectivity index (χ2v) is 7.47. The number of H-pyrrole nitrogens is 1. The normalized spacial score (nSPS) is 23.1. The van der Waals surface area contributed by atoms with E-state index >= 15 is 0 Å². The summed E-state index contributed by atoms with van der Waals surface area (Å²) in [5.74, 6) is 0. The highest BCUT2D eigenvalue weighted by Crippen LogP contribution is 2.30. The number of nitrogens with one attached hydrogen (secondary N) is 1. The molecule has 1 aliphatic heterocycles. The first-order valence-electron chi connectivity index (χ1n) is 9.79. The molecule has 3 N–H and O–H groups in total. The van der Waals surface area contributed by atoms with E-state index in [1.165, 1.54) is 10.8 Å². The van der Waals surface area contributed by atoms with Crippen molar-refractivity contribution in [1.82, 2.24) is 9.55 Å². The molecule has 7 heteroatoms. The number of ether oxygens (including phenoxy) is 1. The van der Waals surface area contributed by atoms with Gasteiger partial charge in [0.1, 0.15) is 6.23 Å². The number of hydrogen-bond donors (Lipinski definition) is 3. The smallest absolute Gasteiger partial charge is 0.330 e. The van der Waals surface area contributed by atoms with Crippen LogP contribution in [-0.4, -0.2) is 38.1 Å². The molecular weight excluding hydrogens is 360 g/mol. The molecule has 1 aliphatic rings. The Morgan fingerprint density at radius 3 is 2.75 bits per heavy atom. The monoisotopic (exact) mass is 388 g/mol. The van der Waals surface area contributed by atoms with E-state index < -0.39 is 35.8 Å². The van der Waals surface area contributed by atoms with Crippen LogP contribution in [0.3, 0.4) is 0 Å². The van der Waals surface area contributed by atoms with Crippen molar-refractivity contribution in [3.05, 3.63) is 68.0 Å². The van der Waals surface area contributed by atoms with Gasteiger partial charge in [-0.25, -0.2) is 4.79 Å². The van der Waals surface area contributed by atoms with E-state index in [1.54, 1.807) is 0 Å². The van der Waals surface area contributed by atoms with Gasteiger partial charge in [-0.15, -0.1) is 0 Å². The molecule has 1 aromatic carbocycles. The van der Waals surface area contributed by atoms with Crippen LogP contribution in [0.25, 0.3) is 0 Å². The third-order valence-corrected chi connectivity index (χ3v) is 5.44. The SMILES string of the molecule is CCc1cn([C@H]2C[C@H](O)[C@@H](CCC(O)Cc3ccccc3C)O2)c(=O)[nH]c1=O. The molecule has 2 aromatic rings. The molecule has 2 heterocycles. The van der Waals surface area contributed by atoms with Gasteiger partial charge in [0, 0.05) is 18.2 Å². The Morgan fingerprint density at radius 1 is 1.29 bits per heavy atom. The van der Waals surface area contributed by atoms with Crippen molar-refractivity contribution in [1.29, 1.82) is 0 Å². The van der Waals surface area contributed by atoms with Crippen LogP contribution in [-0.2, 0) is 17.6 Å². The fourth-order valence-corrected chi connectivity index (χ4v) is 3.69. The van der Waals surface area contributed by atoms with Crippen molar-refractivity contribution in [2.75, 3.05) is 0 Å². The molecular formula is C21H28N2O5. The summed E-state index contributed by atoms with van der Waals surface area (Å²) in [6.07, 6.45) is 1.48. The minimum Gasteiger partial charge on any atom is -0.393 e. The fourth-order valence-electron chi connectivity index (χ4n) is 3.69. The molecule has 7 nitrogen and oxygen atoms in total. The minimum atomic E-state index is -0.723. The summed E-state index contributed by atoms with van der Waals surface area (Å²) in [7, 11) is 0. The van der Waals surface area contributed by atoms with Crippen LogP contribution in [0.5, 0.6) is 0 Å². The molecule has 0 radical (unpaired) electrons. The summed E-state index contributed by atoms with van der Waals surface area (Å²) in [6, 6.07) is 7.94. The van der Waals surface area contributed by atoms with Gasteiger partial charge in [0.15, 0.2) is 0 Å². The Morgan fingerprint density at radius 2 is 2.04 bits per heavy atom. The Labute approximate surface area is 163 Å². The summed E-state index contributed by atoms with van der Waals surface area (Å²) >= 11 is 0. The van der Waals surface area contributed by atoms with Crippen LogP contribution in [0.15, 0.2) is 40.1 Å². The number of aliphatic hydroxyl groups is 2. The van der Waals surface area contributed by atoms with Gasteiger partial charge >= 0.3 is 5.69 Å². The van der Waals surface area contributed by atoms with Crippen molar-refractivity contribution < 1.29 is 14.9 Å². The Kier molecular flexibility index (Phi) is 6.49. The number of aryl methyl sites for hydroxylation is 2. The average molecular weight is 388 g/mol. The summed E-state index contributed by atoms with van der Waals surface area (Å²) < 4.78 is 7.22. The maximum absolute atomic E-state index is 12.1. The van der Waals surface area contributed by atoms with Crippen LogP contribution in [0.2, 0.25) is 0 Å². The molecule has 1 unspecified atom stereocenters. The number of hydrogen-bond acceptors (Lipinski definition) is 5. The highest BCUT2D eigenvalue weighted by molar-refractivity contribution is 5.26. The van der Waals surface area contributed by atoms with E-state index in [1.807, 2.05) is 38.1 Å². The highest BCUT2D eigenvalue weighted by atomic mass is 16.5. The maximum Gasteiger partial charge on any atom is 0.330 e. The summed E-state index contributed by atoms with van der Waals surface area (Å²) in [5.41, 5.74) is 1.81. The molecule has 0 bridgehead atoms. The molecule has 152 valence electrons. The largest absolute Gasteiger partial charge is 0.393 e. The van der Waals surface area contributed by atoms with Crippen molar-refractivity contribution in [3.63, 3.8) is 0 Å². The van der Waals surface area contributed by atoms with Crippen LogP contribution in [0, 0.1) is 6.92 Å². The van der Waals surface area contributed by atoms with Crippen LogP contribution in [0.1, 0.15) is 49.1 Å². The van der Waals surface area contributed by atoms with Gasteiger partial charge in [-0.05, 0) is 43.7 Å². The minimum absolute atomic E-state index is 0.271. The van der Waals surface area contributed by atoms with Crippen LogP contribution < -0.4 is 11.2 Å². The van der Waals surface area contributed by atoms with Crippen molar-refractivity contribution in [2.45, 2.75) is 70.5 Å². The number of aliphatic hydroxyl groups excluding tert-OH is 2. The molecule has 0 saturated carbocycles. The molecule has 28 heavy (non-hydrogen) atoms. The van der Waals surface area contributed by atoms with Crippen LogP contribution >= 0.6 is 0 Å². The van der Waals surface area contributed by atoms with E-state index in [-0.39, 0.29) is 6.42 Å². The third-order valence-electron chi connectivity index (χ3n) is 5.44. The third kappa shape index (κ3) is 4.60. The summed E-state index contributed by atoms with van der Waals surface area (Å²) in [6.45, 7) is 3.85. The Bertz CT molecular complexity index is 919. The maximum atomic E-state index is 12.1. The lowest BCUT2D eigenvalue weighted by atomic mass is 9.98. The van der Waals surface area contributed by atoms with E-state index in [2.05, 4.69) is 4.98 Å². The molecule has 3 rings (SSSR count). The molecule has 0 aliphatic carbocycles. The molecule has 0 amide bonds. The molecule has 1 aromatic heterocycles. The fraction of sp³-hybridized carbons (Fsp3) is 0.524. The van der Waals surface area contributed by atoms with Gasteiger partial charge in [0.25, 0.3) is 5.56 Å². The summed E-state index contributed by atoms with van der Waals surface area (Å²) in [5, 5.41) is 20.7. The number of aromatic nitrogens is 2. The van der Waals surface area contributed by atoms with E-state index in [0.29, 0.717) is 31.2 Å². The highest BCUT2D eigenvalue weighted by Gasteiger charge is 2.35. The summed E-state index contributed by atoms with van der Waals surface area (Å²) in [4.78, 5) is 26.1. The standard InChI is InChI=1S/C21H28N2O5/c1-3-14-12-23(21(27)22-20(14)26)19-11-17(25)18(28-19)9-8-16(24)10-15-7-5-4-6-13(15)2/h4-7,12,16-19,24-25H,3,8-11H2,1-2H3,(H,22,26,27)/t16?,17-,18+,19+/m0/s1. The first-order chi connectivity index (χ1) is 13.4. The second-order valence-electron chi connectivity index (χ2n) is 7.47. The Hall–Kier alpha value is -2.22. The lowest BCUT2D eigenvalue weighted by molar-refractivity contribution is -0.0301. The molecule has 1 saturated heterocycles. The van der Waals surface area contributed by atoms with Crippen molar-refractivity contribution >= 4 is 0 Å². The zero-order valence-electron chi connectivity index (χ0n) is 16.3. The number of nitrogens with zero attached hydrogens (tertiary/aromatic N) is 1. The quantitative estimate of drug-likeness (QED) is 0.666. The number of rotatable bonds is 7. The van der Waals surface area contributed by atoms with Crippen molar-refractivity contribution in [3.8, 4) is 0 Å².